The van der Waals surface area contributed by atoms with Crippen LogP contribution in [0.5, 0.6) is 0 Å². The Morgan fingerprint density at radius 2 is 1.95 bits per heavy atom. The van der Waals surface area contributed by atoms with Crippen LogP contribution >= 0.6 is 34.9 Å². The summed E-state index contributed by atoms with van der Waals surface area (Å²) >= 11 is 3.63. The zero-order valence-electron chi connectivity index (χ0n) is 19.9. The lowest BCUT2D eigenvalue weighted by atomic mass is 9.94. The molecule has 2 saturated heterocycles. The highest BCUT2D eigenvalue weighted by Crippen LogP contribution is 2.60. The molecule has 2 N–H and O–H groups in total. The molecule has 2 aliphatic rings. The number of hydrogen-bond donors (Lipinski definition) is 2. The van der Waals surface area contributed by atoms with Gasteiger partial charge in [-0.2, -0.15) is 11.3 Å². The maximum absolute atomic E-state index is 13.3. The first kappa shape index (κ1) is 26.9. The van der Waals surface area contributed by atoms with E-state index in [-0.39, 0.29) is 12.3 Å². The number of carbonyl (C=O) groups is 4. The number of ether oxygens (including phenoxy) is 1. The molecule has 14 heteroatoms. The van der Waals surface area contributed by atoms with Gasteiger partial charge in [-0.05, 0) is 60.2 Å². The second-order valence-electron chi connectivity index (χ2n) is 8.89. The van der Waals surface area contributed by atoms with E-state index in [2.05, 4.69) is 5.32 Å². The van der Waals surface area contributed by atoms with Gasteiger partial charge in [0.1, 0.15) is 18.0 Å². The number of hydrogen-bond acceptors (Lipinski definition) is 10. The summed E-state index contributed by atoms with van der Waals surface area (Å²) in [4.78, 5) is 61.7. The van der Waals surface area contributed by atoms with E-state index < -0.39 is 55.6 Å². The molecule has 2 fully saturated rings. The molecule has 0 bridgehead atoms. The number of esters is 1. The number of aliphatic carboxylic acids is 1. The van der Waals surface area contributed by atoms with Gasteiger partial charge in [-0.3, -0.25) is 24.5 Å². The second kappa shape index (κ2) is 9.99. The number of nitrogens with zero attached hydrogens (tertiary/aromatic N) is 2. The Bertz CT molecular complexity index is 1250. The maximum Gasteiger partial charge on any atom is 0.341 e. The van der Waals surface area contributed by atoms with E-state index in [1.54, 1.807) is 36.9 Å². The molecule has 1 aromatic heterocycles. The van der Waals surface area contributed by atoms with Gasteiger partial charge in [0.25, 0.3) is 11.6 Å². The molecular weight excluding hydrogens is 542 g/mol. The van der Waals surface area contributed by atoms with Gasteiger partial charge in [-0.1, -0.05) is 0 Å². The van der Waals surface area contributed by atoms with Crippen LogP contribution in [0.25, 0.3) is 0 Å². The first-order valence-corrected chi connectivity index (χ1v) is 14.0. The van der Waals surface area contributed by atoms with E-state index in [9.17, 15) is 34.4 Å². The zero-order chi connectivity index (χ0) is 27.1. The molecule has 11 nitrogen and oxygen atoms in total. The third-order valence-corrected chi connectivity index (χ3v) is 10.3. The molecule has 4 rings (SSSR count). The Balaban J connectivity index is 1.49. The van der Waals surface area contributed by atoms with Crippen LogP contribution in [0, 0.1) is 10.1 Å². The highest BCUT2D eigenvalue weighted by atomic mass is 32.2. The Morgan fingerprint density at radius 1 is 1.27 bits per heavy atom. The number of nitrogens with one attached hydrogen (secondary N) is 1. The molecule has 3 heterocycles. The normalized spacial score (nSPS) is 24.5. The van der Waals surface area contributed by atoms with Crippen molar-refractivity contribution in [2.75, 3.05) is 6.26 Å². The molecule has 0 aliphatic carbocycles. The van der Waals surface area contributed by atoms with Crippen molar-refractivity contribution in [3.8, 4) is 0 Å². The second-order valence-corrected chi connectivity index (χ2v) is 12.4. The van der Waals surface area contributed by atoms with Crippen LogP contribution in [-0.4, -0.2) is 66.0 Å². The molecular formula is C23H23N3O8S3. The van der Waals surface area contributed by atoms with E-state index in [1.807, 2.05) is 0 Å². The van der Waals surface area contributed by atoms with Crippen molar-refractivity contribution in [3.63, 3.8) is 0 Å². The molecule has 0 radical (unpaired) electrons. The van der Waals surface area contributed by atoms with Gasteiger partial charge in [0.2, 0.25) is 10.8 Å². The van der Waals surface area contributed by atoms with Crippen molar-refractivity contribution in [1.82, 2.24) is 10.2 Å². The van der Waals surface area contributed by atoms with Gasteiger partial charge in [0.15, 0.2) is 5.92 Å². The van der Waals surface area contributed by atoms with Gasteiger partial charge < -0.3 is 20.1 Å². The van der Waals surface area contributed by atoms with Crippen molar-refractivity contribution in [1.29, 1.82) is 0 Å². The molecule has 4 atom stereocenters. The van der Waals surface area contributed by atoms with Crippen molar-refractivity contribution >= 4 is 64.3 Å². The van der Waals surface area contributed by atoms with E-state index in [1.165, 1.54) is 52.3 Å². The van der Waals surface area contributed by atoms with Crippen LogP contribution in [-0.2, 0) is 30.5 Å². The minimum atomic E-state index is -1.49. The molecule has 2 aromatic rings. The Hall–Kier alpha value is -3.10. The third kappa shape index (κ3) is 4.46. The summed E-state index contributed by atoms with van der Waals surface area (Å²) in [6, 6.07) is 6.08. The standard InChI is InChI=1S/C23H23N3O8S3/c1-22(2)23(35-3,21(30)31)25-18(28)16(19(25)37-22)24-17(27)15(13-8-9-36-11-13)20(29)34-10-12-4-6-14(7-5-12)26(32)33/h4-9,11,15-16,19H,10H2,1-3H3,(H,24,27)(H,30,31)/t15?,16-,19-,23-/m1/s1. The number of nitro benzene ring substituents is 1. The summed E-state index contributed by atoms with van der Waals surface area (Å²) in [5.74, 6) is -4.60. The largest absolute Gasteiger partial charge is 0.479 e. The lowest BCUT2D eigenvalue weighted by Gasteiger charge is -2.49. The first-order valence-electron chi connectivity index (χ1n) is 11.0. The van der Waals surface area contributed by atoms with Gasteiger partial charge in [-0.25, -0.2) is 4.79 Å². The minimum absolute atomic E-state index is 0.105. The number of β-lactam (4-membered cyclic amide) rings is 1. The van der Waals surface area contributed by atoms with Crippen molar-refractivity contribution in [3.05, 3.63) is 62.3 Å². The van der Waals surface area contributed by atoms with Gasteiger partial charge in [-0.15, -0.1) is 23.5 Å². The predicted molar refractivity (Wildman–Crippen MR) is 138 cm³/mol. The van der Waals surface area contributed by atoms with Crippen LogP contribution in [0.4, 0.5) is 5.69 Å². The van der Waals surface area contributed by atoms with Gasteiger partial charge >= 0.3 is 11.9 Å². The van der Waals surface area contributed by atoms with E-state index in [0.717, 1.165) is 11.8 Å². The topological polar surface area (TPSA) is 156 Å². The summed E-state index contributed by atoms with van der Waals surface area (Å²) in [6.45, 7) is 3.29. The number of non-ortho nitro benzene ring substituents is 1. The van der Waals surface area contributed by atoms with Crippen LogP contribution in [0.2, 0.25) is 0 Å². The summed E-state index contributed by atoms with van der Waals surface area (Å²) in [5.41, 5.74) is 0.786. The number of amides is 2. The number of benzene rings is 1. The molecule has 2 amide bonds. The van der Waals surface area contributed by atoms with Crippen LogP contribution in [0.1, 0.15) is 30.9 Å². The molecule has 37 heavy (non-hydrogen) atoms. The number of carboxylic acids is 1. The minimum Gasteiger partial charge on any atom is -0.479 e. The smallest absolute Gasteiger partial charge is 0.341 e. The molecule has 0 saturated carbocycles. The summed E-state index contributed by atoms with van der Waals surface area (Å²) in [6.07, 6.45) is 1.63. The van der Waals surface area contributed by atoms with Crippen molar-refractivity contribution < 1.29 is 33.9 Å². The van der Waals surface area contributed by atoms with Gasteiger partial charge in [0, 0.05) is 12.1 Å². The molecule has 1 unspecified atom stereocenters. The molecule has 0 spiro atoms. The van der Waals surface area contributed by atoms with E-state index in [4.69, 9.17) is 4.74 Å². The van der Waals surface area contributed by atoms with Crippen molar-refractivity contribution in [2.24, 2.45) is 0 Å². The fraction of sp³-hybridized carbons (Fsp3) is 0.391. The Labute approximate surface area is 224 Å². The number of carbonyl (C=O) groups excluding carboxylic acids is 3. The number of fused-ring (bicyclic) bond motifs is 1. The molecule has 2 aliphatic heterocycles. The van der Waals surface area contributed by atoms with Crippen LogP contribution in [0.3, 0.4) is 0 Å². The Kier molecular flexibility index (Phi) is 7.27. The first-order chi connectivity index (χ1) is 17.4. The number of rotatable bonds is 9. The van der Waals surface area contributed by atoms with Crippen LogP contribution in [0.15, 0.2) is 41.1 Å². The Morgan fingerprint density at radius 3 is 2.49 bits per heavy atom. The monoisotopic (exact) mass is 565 g/mol. The quantitative estimate of drug-likeness (QED) is 0.152. The number of thiophene rings is 1. The summed E-state index contributed by atoms with van der Waals surface area (Å²) < 4.78 is 4.51. The average molecular weight is 566 g/mol. The number of thioether (sulfide) groups is 2. The lowest BCUT2D eigenvalue weighted by molar-refractivity contribution is -0.384. The number of carboxylic acid groups (broad SMARTS) is 1. The fourth-order valence-electron chi connectivity index (χ4n) is 4.54. The summed E-state index contributed by atoms with van der Waals surface area (Å²) in [5, 5.41) is 26.2. The van der Waals surface area contributed by atoms with Crippen molar-refractivity contribution in [2.45, 2.75) is 47.4 Å². The summed E-state index contributed by atoms with van der Waals surface area (Å²) in [7, 11) is 0. The van der Waals surface area contributed by atoms with E-state index >= 15 is 0 Å². The molecule has 1 aromatic carbocycles. The zero-order valence-corrected chi connectivity index (χ0v) is 22.4. The fourth-order valence-corrected chi connectivity index (χ4v) is 8.39. The SMILES string of the molecule is CS[C@@]1(C(=O)O)N2C(=O)[C@@H](NC(=O)C(C(=O)OCc3ccc([N+](=O)[O-])cc3)c3ccsc3)[C@H]2SC1(C)C. The lowest BCUT2D eigenvalue weighted by Crippen LogP contribution is -2.74. The van der Waals surface area contributed by atoms with Crippen LogP contribution < -0.4 is 5.32 Å². The molecule has 196 valence electrons. The highest BCUT2D eigenvalue weighted by molar-refractivity contribution is 8.06. The van der Waals surface area contributed by atoms with Gasteiger partial charge in [0.05, 0.1) is 9.67 Å². The maximum atomic E-state index is 13.3. The highest BCUT2D eigenvalue weighted by Gasteiger charge is 2.73. The predicted octanol–water partition coefficient (Wildman–Crippen LogP) is 2.81. The average Bonchev–Trinajstić information content (AvgIpc) is 3.44. The number of nitro groups is 1. The van der Waals surface area contributed by atoms with E-state index in [0.29, 0.717) is 11.1 Å². The third-order valence-electron chi connectivity index (χ3n) is 6.40.